The van der Waals surface area contributed by atoms with Crippen LogP contribution in [0, 0.1) is 11.8 Å². The maximum absolute atomic E-state index is 10.8. The van der Waals surface area contributed by atoms with Gasteiger partial charge in [-0.15, -0.1) is 0 Å². The molecule has 0 aromatic heterocycles. The summed E-state index contributed by atoms with van der Waals surface area (Å²) in [5.41, 5.74) is 4.76. The van der Waals surface area contributed by atoms with Gasteiger partial charge >= 0.3 is 0 Å². The second-order valence-electron chi connectivity index (χ2n) is 6.70. The first kappa shape index (κ1) is 19.0. The summed E-state index contributed by atoms with van der Waals surface area (Å²) in [5.74, 6) is 6.14. The van der Waals surface area contributed by atoms with Crippen molar-refractivity contribution in [2.45, 2.75) is 0 Å². The number of para-hydroxylation sites is 2. The Kier molecular flexibility index (Phi) is 5.59. The molecule has 0 amide bonds. The van der Waals surface area contributed by atoms with E-state index >= 15 is 0 Å². The molecule has 0 heterocycles. The van der Waals surface area contributed by atoms with Crippen molar-refractivity contribution in [3.63, 3.8) is 0 Å². The Morgan fingerprint density at radius 1 is 0.667 bits per heavy atom. The minimum absolute atomic E-state index is 0.112. The summed E-state index contributed by atoms with van der Waals surface area (Å²) in [6, 6.07) is 32.5. The first-order valence-electron chi connectivity index (χ1n) is 9.55. The van der Waals surface area contributed by atoms with E-state index in [9.17, 15) is 9.90 Å². The number of benzene rings is 4. The Labute approximate surface area is 175 Å². The molecule has 144 valence electrons. The van der Waals surface area contributed by atoms with Crippen molar-refractivity contribution in [3.8, 4) is 17.6 Å². The number of carbonyl (C=O) groups is 1. The van der Waals surface area contributed by atoms with Crippen molar-refractivity contribution in [3.05, 3.63) is 120 Å². The minimum atomic E-state index is 0.112. The van der Waals surface area contributed by atoms with Gasteiger partial charge in [-0.25, -0.2) is 0 Å². The Hall–Kier alpha value is -4.29. The molecule has 0 aliphatic rings. The van der Waals surface area contributed by atoms with E-state index in [2.05, 4.69) is 16.7 Å². The predicted octanol–water partition coefficient (Wildman–Crippen LogP) is 6.07. The number of phenolic OH excluding ortho intramolecular Hbond substituents is 1. The van der Waals surface area contributed by atoms with Crippen molar-refractivity contribution in [1.82, 2.24) is 0 Å². The topological polar surface area (TPSA) is 40.5 Å². The Morgan fingerprint density at radius 2 is 1.27 bits per heavy atom. The molecule has 0 bridgehead atoms. The second kappa shape index (κ2) is 8.81. The lowest BCUT2D eigenvalue weighted by molar-refractivity contribution is 0.112. The van der Waals surface area contributed by atoms with Gasteiger partial charge in [0.05, 0.1) is 5.56 Å². The summed E-state index contributed by atoms with van der Waals surface area (Å²) in [5, 5.41) is 10.6. The maximum atomic E-state index is 10.8. The Balaban J connectivity index is 1.68. The van der Waals surface area contributed by atoms with E-state index in [0.29, 0.717) is 11.1 Å². The molecular formula is C27H19NO2. The second-order valence-corrected chi connectivity index (χ2v) is 6.70. The van der Waals surface area contributed by atoms with E-state index in [1.54, 1.807) is 30.3 Å². The number of aromatic hydroxyl groups is 1. The smallest absolute Gasteiger partial charge is 0.150 e. The van der Waals surface area contributed by atoms with Gasteiger partial charge in [-0.2, -0.15) is 0 Å². The Bertz CT molecular complexity index is 1170. The first-order valence-corrected chi connectivity index (χ1v) is 9.55. The lowest BCUT2D eigenvalue weighted by Gasteiger charge is -2.25. The highest BCUT2D eigenvalue weighted by Gasteiger charge is 2.13. The van der Waals surface area contributed by atoms with Crippen LogP contribution < -0.4 is 4.90 Å². The largest absolute Gasteiger partial charge is 0.507 e. The molecule has 30 heavy (non-hydrogen) atoms. The molecule has 0 saturated carbocycles. The van der Waals surface area contributed by atoms with Gasteiger partial charge in [0.2, 0.25) is 0 Å². The highest BCUT2D eigenvalue weighted by atomic mass is 16.3. The van der Waals surface area contributed by atoms with E-state index in [-0.39, 0.29) is 5.75 Å². The molecule has 4 aromatic rings. The van der Waals surface area contributed by atoms with E-state index < -0.39 is 0 Å². The number of hydrogen-bond acceptors (Lipinski definition) is 3. The molecule has 4 aromatic carbocycles. The molecule has 1 N–H and O–H groups in total. The molecule has 0 aliphatic heterocycles. The SMILES string of the molecule is O=Cc1ccc(C#Cc2ccc(N(c3ccccc3)c3ccccc3)cc2O)cc1. The molecule has 3 heteroatoms. The number of phenols is 1. The molecule has 0 atom stereocenters. The summed E-state index contributed by atoms with van der Waals surface area (Å²) in [7, 11) is 0. The van der Waals surface area contributed by atoms with E-state index in [4.69, 9.17) is 0 Å². The zero-order valence-electron chi connectivity index (χ0n) is 16.2. The Morgan fingerprint density at radius 3 is 1.80 bits per heavy atom. The van der Waals surface area contributed by atoms with Gasteiger partial charge < -0.3 is 10.0 Å². The van der Waals surface area contributed by atoms with Crippen LogP contribution in [0.3, 0.4) is 0 Å². The number of aldehydes is 1. The highest BCUT2D eigenvalue weighted by Crippen LogP contribution is 2.36. The lowest BCUT2D eigenvalue weighted by Crippen LogP contribution is -2.09. The molecule has 4 rings (SSSR count). The van der Waals surface area contributed by atoms with Crippen LogP contribution in [0.5, 0.6) is 5.75 Å². The minimum Gasteiger partial charge on any atom is -0.507 e. The molecule has 0 saturated heterocycles. The fourth-order valence-corrected chi connectivity index (χ4v) is 3.15. The van der Waals surface area contributed by atoms with Crippen molar-refractivity contribution in [1.29, 1.82) is 0 Å². The van der Waals surface area contributed by atoms with E-state index in [0.717, 1.165) is 28.9 Å². The zero-order valence-corrected chi connectivity index (χ0v) is 16.2. The fraction of sp³-hybridized carbons (Fsp3) is 0. The van der Waals surface area contributed by atoms with Gasteiger partial charge in [0.1, 0.15) is 12.0 Å². The molecule has 0 aliphatic carbocycles. The van der Waals surface area contributed by atoms with Gasteiger partial charge in [0, 0.05) is 34.3 Å². The number of hydrogen-bond donors (Lipinski definition) is 1. The third kappa shape index (κ3) is 4.24. The van der Waals surface area contributed by atoms with E-state index in [1.807, 2.05) is 72.8 Å². The fourth-order valence-electron chi connectivity index (χ4n) is 3.15. The maximum Gasteiger partial charge on any atom is 0.150 e. The molecular weight excluding hydrogens is 370 g/mol. The van der Waals surface area contributed by atoms with Crippen molar-refractivity contribution in [2.75, 3.05) is 4.90 Å². The summed E-state index contributed by atoms with van der Waals surface area (Å²) in [4.78, 5) is 12.8. The first-order chi connectivity index (χ1) is 14.7. The van der Waals surface area contributed by atoms with Gasteiger partial charge in [-0.3, -0.25) is 4.79 Å². The molecule has 0 spiro atoms. The van der Waals surface area contributed by atoms with Crippen molar-refractivity contribution in [2.24, 2.45) is 0 Å². The van der Waals surface area contributed by atoms with Gasteiger partial charge in [0.15, 0.2) is 0 Å². The number of carbonyl (C=O) groups excluding carboxylic acids is 1. The summed E-state index contributed by atoms with van der Waals surface area (Å²) < 4.78 is 0. The van der Waals surface area contributed by atoms with Crippen LogP contribution in [0.25, 0.3) is 0 Å². The van der Waals surface area contributed by atoms with Crippen LogP contribution in [-0.4, -0.2) is 11.4 Å². The van der Waals surface area contributed by atoms with Crippen LogP contribution in [-0.2, 0) is 0 Å². The third-order valence-corrected chi connectivity index (χ3v) is 4.66. The highest BCUT2D eigenvalue weighted by molar-refractivity contribution is 5.78. The monoisotopic (exact) mass is 389 g/mol. The average Bonchev–Trinajstić information content (AvgIpc) is 2.80. The molecule has 3 nitrogen and oxygen atoms in total. The summed E-state index contributed by atoms with van der Waals surface area (Å²) in [6.07, 6.45) is 0.799. The lowest BCUT2D eigenvalue weighted by atomic mass is 10.1. The molecule has 0 radical (unpaired) electrons. The number of rotatable bonds is 4. The summed E-state index contributed by atoms with van der Waals surface area (Å²) >= 11 is 0. The predicted molar refractivity (Wildman–Crippen MR) is 121 cm³/mol. The normalized spacial score (nSPS) is 10.0. The van der Waals surface area contributed by atoms with Crippen LogP contribution in [0.15, 0.2) is 103 Å². The number of anilines is 3. The molecule has 0 unspecified atom stereocenters. The summed E-state index contributed by atoms with van der Waals surface area (Å²) in [6.45, 7) is 0. The number of nitrogens with zero attached hydrogens (tertiary/aromatic N) is 1. The zero-order chi connectivity index (χ0) is 20.8. The average molecular weight is 389 g/mol. The van der Waals surface area contributed by atoms with Gasteiger partial charge in [-0.1, -0.05) is 60.4 Å². The van der Waals surface area contributed by atoms with E-state index in [1.165, 1.54) is 0 Å². The quantitative estimate of drug-likeness (QED) is 0.340. The van der Waals surface area contributed by atoms with Gasteiger partial charge in [0.25, 0.3) is 0 Å². The molecule has 0 fully saturated rings. The van der Waals surface area contributed by atoms with Gasteiger partial charge in [-0.05, 0) is 48.5 Å². The van der Waals surface area contributed by atoms with Crippen LogP contribution >= 0.6 is 0 Å². The van der Waals surface area contributed by atoms with Crippen LogP contribution in [0.2, 0.25) is 0 Å². The standard InChI is InChI=1S/C27H19NO2/c29-20-22-13-11-21(12-14-22)15-16-23-17-18-26(19-27(23)30)28(24-7-3-1-4-8-24)25-9-5-2-6-10-25/h1-14,17-20,30H. The third-order valence-electron chi connectivity index (χ3n) is 4.66. The van der Waals surface area contributed by atoms with Crippen molar-refractivity contribution >= 4 is 23.3 Å². The van der Waals surface area contributed by atoms with Crippen LogP contribution in [0.1, 0.15) is 21.5 Å². The van der Waals surface area contributed by atoms with Crippen molar-refractivity contribution < 1.29 is 9.90 Å². The van der Waals surface area contributed by atoms with Crippen LogP contribution in [0.4, 0.5) is 17.1 Å².